The summed E-state index contributed by atoms with van der Waals surface area (Å²) in [5.74, 6) is 0.846. The Balaban J connectivity index is 2.00. The Hall–Kier alpha value is -1.01. The van der Waals surface area contributed by atoms with Gasteiger partial charge in [0.15, 0.2) is 0 Å². The number of anilines is 1. The summed E-state index contributed by atoms with van der Waals surface area (Å²) in [6, 6.07) is 1.67. The monoisotopic (exact) mass is 283 g/mol. The van der Waals surface area contributed by atoms with Crippen molar-refractivity contribution < 1.29 is 4.74 Å². The van der Waals surface area contributed by atoms with Crippen molar-refractivity contribution in [3.8, 4) is 0 Å². The van der Waals surface area contributed by atoms with E-state index in [-0.39, 0.29) is 11.7 Å². The van der Waals surface area contributed by atoms with E-state index in [1.807, 2.05) is 0 Å². The number of thiol groups is 1. The first kappa shape index (κ1) is 14.4. The van der Waals surface area contributed by atoms with Crippen LogP contribution in [0.4, 0.5) is 5.69 Å². The molecule has 2 heterocycles. The van der Waals surface area contributed by atoms with Gasteiger partial charge in [0, 0.05) is 32.8 Å². The number of methoxy groups -OCH3 is 1. The number of aryl methyl sites for hydroxylation is 1. The highest BCUT2D eigenvalue weighted by atomic mass is 32.1. The van der Waals surface area contributed by atoms with Gasteiger partial charge < -0.3 is 9.64 Å². The summed E-state index contributed by atoms with van der Waals surface area (Å²) in [6.45, 7) is 2.42. The van der Waals surface area contributed by atoms with Gasteiger partial charge >= 0.3 is 0 Å². The number of aromatic nitrogens is 2. The van der Waals surface area contributed by atoms with Gasteiger partial charge in [-0.05, 0) is 25.0 Å². The zero-order valence-electron chi connectivity index (χ0n) is 11.3. The lowest BCUT2D eigenvalue weighted by Crippen LogP contribution is -2.27. The van der Waals surface area contributed by atoms with Gasteiger partial charge in [0.1, 0.15) is 0 Å². The number of unbranched alkanes of at least 4 members (excludes halogenated alkanes) is 1. The van der Waals surface area contributed by atoms with E-state index in [0.29, 0.717) is 6.54 Å². The Labute approximate surface area is 119 Å². The predicted octanol–water partition coefficient (Wildman–Crippen LogP) is 1.18. The molecule has 0 aliphatic carbocycles. The molecule has 2 rings (SSSR count). The average Bonchev–Trinajstić information content (AvgIpc) is 2.89. The van der Waals surface area contributed by atoms with Crippen molar-refractivity contribution in [1.82, 2.24) is 9.78 Å². The Kier molecular flexibility index (Phi) is 5.27. The third-order valence-electron chi connectivity index (χ3n) is 3.48. The summed E-state index contributed by atoms with van der Waals surface area (Å²) in [7, 11) is 1.73. The second-order valence-corrected chi connectivity index (χ2v) is 5.25. The lowest BCUT2D eigenvalue weighted by molar-refractivity contribution is 0.121. The fourth-order valence-corrected chi connectivity index (χ4v) is 2.52. The number of rotatable bonds is 6. The Bertz CT molecular complexity index is 463. The zero-order chi connectivity index (χ0) is 13.7. The van der Waals surface area contributed by atoms with E-state index in [2.05, 4.69) is 22.6 Å². The van der Waals surface area contributed by atoms with Crippen molar-refractivity contribution in [1.29, 1.82) is 0 Å². The zero-order valence-corrected chi connectivity index (χ0v) is 12.2. The van der Waals surface area contributed by atoms with Crippen molar-refractivity contribution in [2.45, 2.75) is 31.9 Å². The Morgan fingerprint density at radius 3 is 3.00 bits per heavy atom. The molecule has 5 nitrogen and oxygen atoms in total. The third kappa shape index (κ3) is 3.73. The third-order valence-corrected chi connectivity index (χ3v) is 3.79. The van der Waals surface area contributed by atoms with Crippen LogP contribution in [0.5, 0.6) is 0 Å². The topological polar surface area (TPSA) is 47.4 Å². The number of hydrogen-bond acceptors (Lipinski definition) is 5. The van der Waals surface area contributed by atoms with Crippen LogP contribution in [-0.2, 0) is 11.3 Å². The molecule has 1 aliphatic rings. The quantitative estimate of drug-likeness (QED) is 0.629. The molecule has 1 aliphatic heterocycles. The molecule has 1 atom stereocenters. The highest BCUT2D eigenvalue weighted by Crippen LogP contribution is 2.19. The summed E-state index contributed by atoms with van der Waals surface area (Å²) in [5, 5.41) is 4.24. The molecule has 19 heavy (non-hydrogen) atoms. The fourth-order valence-electron chi connectivity index (χ4n) is 2.29. The lowest BCUT2D eigenvalue weighted by Gasteiger charge is -2.18. The summed E-state index contributed by atoms with van der Waals surface area (Å²) < 4.78 is 6.85. The molecule has 0 spiro atoms. The first-order chi connectivity index (χ1) is 9.24. The molecule has 6 heteroatoms. The largest absolute Gasteiger partial charge is 0.380 e. The van der Waals surface area contributed by atoms with Gasteiger partial charge in [0.05, 0.1) is 18.0 Å². The highest BCUT2D eigenvalue weighted by Gasteiger charge is 2.22. The summed E-state index contributed by atoms with van der Waals surface area (Å²) in [5.41, 5.74) is 0.868. The molecular formula is C13H21N3O2S. The van der Waals surface area contributed by atoms with Crippen LogP contribution in [0.15, 0.2) is 17.1 Å². The second-order valence-electron chi connectivity index (χ2n) is 4.80. The maximum atomic E-state index is 12.0. The van der Waals surface area contributed by atoms with Crippen LogP contribution in [0.3, 0.4) is 0 Å². The lowest BCUT2D eigenvalue weighted by atomic mass is 10.3. The van der Waals surface area contributed by atoms with Gasteiger partial charge in [-0.3, -0.25) is 4.79 Å². The van der Waals surface area contributed by atoms with Crippen LogP contribution in [0.1, 0.15) is 19.3 Å². The molecule has 0 saturated carbocycles. The summed E-state index contributed by atoms with van der Waals surface area (Å²) in [4.78, 5) is 14.1. The van der Waals surface area contributed by atoms with Gasteiger partial charge in [0.25, 0.3) is 5.56 Å². The molecule has 0 N–H and O–H groups in total. The van der Waals surface area contributed by atoms with Crippen molar-refractivity contribution >= 4 is 18.3 Å². The van der Waals surface area contributed by atoms with Gasteiger partial charge in [-0.15, -0.1) is 0 Å². The Morgan fingerprint density at radius 2 is 2.37 bits per heavy atom. The van der Waals surface area contributed by atoms with Gasteiger partial charge in [0.2, 0.25) is 0 Å². The maximum Gasteiger partial charge on any atom is 0.268 e. The Morgan fingerprint density at radius 1 is 1.53 bits per heavy atom. The van der Waals surface area contributed by atoms with E-state index in [4.69, 9.17) is 4.74 Å². The molecule has 1 aromatic rings. The molecule has 0 radical (unpaired) electrons. The van der Waals surface area contributed by atoms with Crippen molar-refractivity contribution in [2.24, 2.45) is 0 Å². The van der Waals surface area contributed by atoms with E-state index >= 15 is 0 Å². The minimum Gasteiger partial charge on any atom is -0.380 e. The molecule has 1 aromatic heterocycles. The molecule has 1 fully saturated rings. The first-order valence-corrected chi connectivity index (χ1v) is 7.33. The van der Waals surface area contributed by atoms with Crippen molar-refractivity contribution in [2.75, 3.05) is 30.9 Å². The predicted molar refractivity (Wildman–Crippen MR) is 79.2 cm³/mol. The number of nitrogens with zero attached hydrogens (tertiary/aromatic N) is 3. The number of ether oxygens (including phenoxy) is 1. The molecule has 1 saturated heterocycles. The van der Waals surface area contributed by atoms with E-state index in [0.717, 1.165) is 43.8 Å². The van der Waals surface area contributed by atoms with E-state index in [1.54, 1.807) is 19.4 Å². The fraction of sp³-hybridized carbons (Fsp3) is 0.692. The number of hydrogen-bond donors (Lipinski definition) is 1. The molecule has 1 unspecified atom stereocenters. The van der Waals surface area contributed by atoms with Crippen LogP contribution >= 0.6 is 12.6 Å². The van der Waals surface area contributed by atoms with E-state index in [1.165, 1.54) is 4.68 Å². The van der Waals surface area contributed by atoms with Crippen LogP contribution in [0.2, 0.25) is 0 Å². The summed E-state index contributed by atoms with van der Waals surface area (Å²) >= 11 is 4.16. The second kappa shape index (κ2) is 6.96. The van der Waals surface area contributed by atoms with Crippen LogP contribution in [0.25, 0.3) is 0 Å². The van der Waals surface area contributed by atoms with E-state index < -0.39 is 0 Å². The molecule has 106 valence electrons. The molecule has 0 aromatic carbocycles. The molecular weight excluding hydrogens is 262 g/mol. The van der Waals surface area contributed by atoms with Gasteiger partial charge in [-0.25, -0.2) is 4.68 Å². The average molecular weight is 283 g/mol. The smallest absolute Gasteiger partial charge is 0.268 e. The highest BCUT2D eigenvalue weighted by molar-refractivity contribution is 7.80. The molecule has 0 bridgehead atoms. The minimum atomic E-state index is -0.0301. The van der Waals surface area contributed by atoms with Crippen molar-refractivity contribution in [3.05, 3.63) is 22.6 Å². The maximum absolute atomic E-state index is 12.0. The van der Waals surface area contributed by atoms with Crippen LogP contribution < -0.4 is 10.5 Å². The normalized spacial score (nSPS) is 19.1. The SMILES string of the molecule is COC1CCN(c2cnn(CCCCS)c(=O)c2)C1. The minimum absolute atomic E-state index is 0.0301. The van der Waals surface area contributed by atoms with Crippen LogP contribution in [0, 0.1) is 0 Å². The van der Waals surface area contributed by atoms with Gasteiger partial charge in [-0.1, -0.05) is 0 Å². The standard InChI is InChI=1S/C13H21N3O2S/c1-18-12-4-6-15(10-12)11-8-13(17)16(14-9-11)5-2-3-7-19/h8-9,12,19H,2-7,10H2,1H3. The first-order valence-electron chi connectivity index (χ1n) is 6.70. The van der Waals surface area contributed by atoms with Gasteiger partial charge in [-0.2, -0.15) is 17.7 Å². The van der Waals surface area contributed by atoms with Crippen molar-refractivity contribution in [3.63, 3.8) is 0 Å². The van der Waals surface area contributed by atoms with E-state index in [9.17, 15) is 4.79 Å². The summed E-state index contributed by atoms with van der Waals surface area (Å²) in [6.07, 6.45) is 4.98. The van der Waals surface area contributed by atoms with Crippen LogP contribution in [-0.4, -0.2) is 41.8 Å². The molecule has 0 amide bonds.